The zero-order valence-corrected chi connectivity index (χ0v) is 9.49. The molecule has 2 N–H and O–H groups in total. The van der Waals surface area contributed by atoms with Crippen molar-refractivity contribution in [2.75, 3.05) is 12.8 Å². The largest absolute Gasteiger partial charge is 0.479 e. The van der Waals surface area contributed by atoms with Crippen LogP contribution in [0.4, 0.5) is 5.69 Å². The van der Waals surface area contributed by atoms with Gasteiger partial charge in [-0.15, -0.1) is 0 Å². The first-order chi connectivity index (χ1) is 7.17. The van der Waals surface area contributed by atoms with Gasteiger partial charge in [0.2, 0.25) is 11.8 Å². The van der Waals surface area contributed by atoms with Crippen LogP contribution >= 0.6 is 0 Å². The van der Waals surface area contributed by atoms with Gasteiger partial charge in [-0.25, -0.2) is 0 Å². The number of nitrogens with zero attached hydrogens (tertiary/aromatic N) is 1. The zero-order chi connectivity index (χ0) is 11.3. The highest BCUT2D eigenvalue weighted by Crippen LogP contribution is 2.22. The third kappa shape index (κ3) is 3.31. The molecular weight excluding hydrogens is 192 g/mol. The maximum absolute atomic E-state index is 5.65. The molecule has 0 aliphatic heterocycles. The van der Waals surface area contributed by atoms with Gasteiger partial charge in [-0.1, -0.05) is 13.3 Å². The molecule has 0 spiro atoms. The second-order valence-electron chi connectivity index (χ2n) is 3.47. The molecule has 1 rings (SSSR count). The first kappa shape index (κ1) is 11.6. The van der Waals surface area contributed by atoms with Gasteiger partial charge < -0.3 is 15.2 Å². The quantitative estimate of drug-likeness (QED) is 0.809. The van der Waals surface area contributed by atoms with Crippen LogP contribution in [0.2, 0.25) is 0 Å². The van der Waals surface area contributed by atoms with Crippen LogP contribution in [0.15, 0.2) is 12.1 Å². The molecule has 0 fully saturated rings. The Hall–Kier alpha value is -1.45. The molecule has 1 aromatic heterocycles. The van der Waals surface area contributed by atoms with E-state index in [1.165, 1.54) is 7.11 Å². The molecule has 0 aromatic carbocycles. The first-order valence-electron chi connectivity index (χ1n) is 5.14. The van der Waals surface area contributed by atoms with Crippen molar-refractivity contribution in [2.24, 2.45) is 0 Å². The van der Waals surface area contributed by atoms with E-state index in [0.29, 0.717) is 17.4 Å². The molecule has 0 bridgehead atoms. The zero-order valence-electron chi connectivity index (χ0n) is 9.49. The van der Waals surface area contributed by atoms with Gasteiger partial charge in [-0.05, 0) is 19.4 Å². The van der Waals surface area contributed by atoms with Crippen LogP contribution in [-0.2, 0) is 0 Å². The fraction of sp³-hybridized carbons (Fsp3) is 0.545. The summed E-state index contributed by atoms with van der Waals surface area (Å²) in [5, 5.41) is 0. The van der Waals surface area contributed by atoms with Crippen LogP contribution in [0.3, 0.4) is 0 Å². The summed E-state index contributed by atoms with van der Waals surface area (Å²) >= 11 is 0. The fourth-order valence-corrected chi connectivity index (χ4v) is 1.33. The third-order valence-corrected chi connectivity index (χ3v) is 2.07. The van der Waals surface area contributed by atoms with Crippen molar-refractivity contribution in [3.05, 3.63) is 12.1 Å². The van der Waals surface area contributed by atoms with Gasteiger partial charge in [0.15, 0.2) is 0 Å². The summed E-state index contributed by atoms with van der Waals surface area (Å²) < 4.78 is 10.6. The minimum Gasteiger partial charge on any atom is -0.479 e. The van der Waals surface area contributed by atoms with E-state index in [1.54, 1.807) is 12.1 Å². The molecule has 1 unspecified atom stereocenters. The summed E-state index contributed by atoms with van der Waals surface area (Å²) in [6.45, 7) is 4.14. The van der Waals surface area contributed by atoms with Gasteiger partial charge in [0.25, 0.3) is 0 Å². The van der Waals surface area contributed by atoms with Crippen LogP contribution in [0.25, 0.3) is 0 Å². The topological polar surface area (TPSA) is 57.4 Å². The molecule has 0 radical (unpaired) electrons. The molecule has 0 saturated carbocycles. The van der Waals surface area contributed by atoms with E-state index in [4.69, 9.17) is 15.2 Å². The number of hydrogen-bond donors (Lipinski definition) is 1. The summed E-state index contributed by atoms with van der Waals surface area (Å²) in [5.41, 5.74) is 6.17. The van der Waals surface area contributed by atoms with E-state index >= 15 is 0 Å². The third-order valence-electron chi connectivity index (χ3n) is 2.07. The summed E-state index contributed by atoms with van der Waals surface area (Å²) in [5.74, 6) is 0.971. The number of nitrogens with two attached hydrogens (primary N) is 1. The molecule has 0 saturated heterocycles. The second-order valence-corrected chi connectivity index (χ2v) is 3.47. The number of methoxy groups -OCH3 is 1. The number of aromatic nitrogens is 1. The predicted octanol–water partition coefficient (Wildman–Crippen LogP) is 2.24. The van der Waals surface area contributed by atoms with Crippen molar-refractivity contribution in [3.8, 4) is 11.8 Å². The predicted molar refractivity (Wildman–Crippen MR) is 60.2 cm³/mol. The monoisotopic (exact) mass is 210 g/mol. The van der Waals surface area contributed by atoms with Gasteiger partial charge >= 0.3 is 0 Å². The normalized spacial score (nSPS) is 12.2. The number of anilines is 1. The lowest BCUT2D eigenvalue weighted by molar-refractivity contribution is 0.199. The highest BCUT2D eigenvalue weighted by atomic mass is 16.5. The summed E-state index contributed by atoms with van der Waals surface area (Å²) in [6.07, 6.45) is 2.26. The Morgan fingerprint density at radius 1 is 1.47 bits per heavy atom. The smallest absolute Gasteiger partial charge is 0.240 e. The number of ether oxygens (including phenoxy) is 2. The van der Waals surface area contributed by atoms with E-state index in [-0.39, 0.29) is 6.10 Å². The summed E-state index contributed by atoms with van der Waals surface area (Å²) in [6, 6.07) is 3.49. The van der Waals surface area contributed by atoms with E-state index in [0.717, 1.165) is 12.8 Å². The van der Waals surface area contributed by atoms with Crippen LogP contribution in [0, 0.1) is 0 Å². The van der Waals surface area contributed by atoms with Crippen LogP contribution in [0.5, 0.6) is 11.8 Å². The number of nitrogen functional groups attached to an aromatic ring is 1. The molecule has 1 atom stereocenters. The lowest BCUT2D eigenvalue weighted by Gasteiger charge is -2.13. The number of pyridine rings is 1. The average molecular weight is 210 g/mol. The number of hydrogen-bond acceptors (Lipinski definition) is 4. The SMILES string of the molecule is CCCC(C)Oc1ccc(N)c(OC)n1. The van der Waals surface area contributed by atoms with E-state index in [1.807, 2.05) is 6.92 Å². The van der Waals surface area contributed by atoms with Crippen molar-refractivity contribution >= 4 is 5.69 Å². The Morgan fingerprint density at radius 2 is 2.20 bits per heavy atom. The molecule has 4 heteroatoms. The molecule has 0 aliphatic carbocycles. The fourth-order valence-electron chi connectivity index (χ4n) is 1.33. The molecule has 0 aliphatic rings. The lowest BCUT2D eigenvalue weighted by atomic mass is 10.2. The van der Waals surface area contributed by atoms with Crippen molar-refractivity contribution in [2.45, 2.75) is 32.8 Å². The number of rotatable bonds is 5. The summed E-state index contributed by atoms with van der Waals surface area (Å²) in [4.78, 5) is 4.14. The minimum atomic E-state index is 0.163. The van der Waals surface area contributed by atoms with Gasteiger partial charge in [-0.3, -0.25) is 0 Å². The highest BCUT2D eigenvalue weighted by Gasteiger charge is 2.07. The summed E-state index contributed by atoms with van der Waals surface area (Å²) in [7, 11) is 1.54. The van der Waals surface area contributed by atoms with E-state index in [2.05, 4.69) is 11.9 Å². The van der Waals surface area contributed by atoms with Crippen LogP contribution in [-0.4, -0.2) is 18.2 Å². The minimum absolute atomic E-state index is 0.163. The average Bonchev–Trinajstić information content (AvgIpc) is 2.21. The molecule has 15 heavy (non-hydrogen) atoms. The van der Waals surface area contributed by atoms with Crippen LogP contribution in [0.1, 0.15) is 26.7 Å². The van der Waals surface area contributed by atoms with Gasteiger partial charge in [0, 0.05) is 6.07 Å². The van der Waals surface area contributed by atoms with Crippen molar-refractivity contribution in [1.82, 2.24) is 4.98 Å². The van der Waals surface area contributed by atoms with Gasteiger partial charge in [0.1, 0.15) is 0 Å². The van der Waals surface area contributed by atoms with Gasteiger partial charge in [0.05, 0.1) is 18.9 Å². The van der Waals surface area contributed by atoms with Crippen molar-refractivity contribution in [3.63, 3.8) is 0 Å². The van der Waals surface area contributed by atoms with E-state index in [9.17, 15) is 0 Å². The maximum Gasteiger partial charge on any atom is 0.240 e. The maximum atomic E-state index is 5.65. The first-order valence-corrected chi connectivity index (χ1v) is 5.14. The standard InChI is InChI=1S/C11H18N2O2/c1-4-5-8(2)15-10-7-6-9(12)11(13-10)14-3/h6-8H,4-5,12H2,1-3H3. The molecule has 1 heterocycles. The Balaban J connectivity index is 2.69. The molecule has 84 valence electrons. The van der Waals surface area contributed by atoms with Crippen LogP contribution < -0.4 is 15.2 Å². The Bertz CT molecular complexity index is 315. The second kappa shape index (κ2) is 5.44. The molecular formula is C11H18N2O2. The molecule has 1 aromatic rings. The highest BCUT2D eigenvalue weighted by molar-refractivity contribution is 5.49. The Labute approximate surface area is 90.4 Å². The Kier molecular flexibility index (Phi) is 4.21. The van der Waals surface area contributed by atoms with Crippen molar-refractivity contribution in [1.29, 1.82) is 0 Å². The lowest BCUT2D eigenvalue weighted by Crippen LogP contribution is -2.12. The van der Waals surface area contributed by atoms with Gasteiger partial charge in [-0.2, -0.15) is 4.98 Å². The molecule has 4 nitrogen and oxygen atoms in total. The van der Waals surface area contributed by atoms with Crippen molar-refractivity contribution < 1.29 is 9.47 Å². The molecule has 0 amide bonds. The van der Waals surface area contributed by atoms with E-state index < -0.39 is 0 Å². The Morgan fingerprint density at radius 3 is 2.80 bits per heavy atom.